The van der Waals surface area contributed by atoms with E-state index in [4.69, 9.17) is 4.74 Å². The highest BCUT2D eigenvalue weighted by Gasteiger charge is 2.27. The molecule has 4 nitrogen and oxygen atoms in total. The van der Waals surface area contributed by atoms with Crippen LogP contribution in [0.15, 0.2) is 48.5 Å². The zero-order valence-electron chi connectivity index (χ0n) is 13.4. The number of esters is 1. The third-order valence-electron chi connectivity index (χ3n) is 4.66. The van der Waals surface area contributed by atoms with E-state index in [0.29, 0.717) is 12.8 Å². The Labute approximate surface area is 139 Å². The molecule has 0 radical (unpaired) electrons. The van der Waals surface area contributed by atoms with Crippen LogP contribution in [0.4, 0.5) is 0 Å². The Balaban J connectivity index is 2.08. The van der Waals surface area contributed by atoms with Crippen LogP contribution < -0.4 is 0 Å². The lowest BCUT2D eigenvalue weighted by molar-refractivity contribution is -0.141. The first-order valence-corrected chi connectivity index (χ1v) is 8.00. The zero-order valence-corrected chi connectivity index (χ0v) is 13.4. The van der Waals surface area contributed by atoms with Gasteiger partial charge >= 0.3 is 5.97 Å². The molecule has 0 amide bonds. The topological polar surface area (TPSA) is 48.3 Å². The SMILES string of the molecule is COC(=O)Cn1c(-c2ccccc2)c2c3c(cccc31)C(=O)CC2. The molecule has 1 aliphatic rings. The van der Waals surface area contributed by atoms with Gasteiger partial charge in [-0.05, 0) is 23.6 Å². The van der Waals surface area contributed by atoms with Crippen molar-refractivity contribution in [1.29, 1.82) is 0 Å². The molecule has 1 aromatic heterocycles. The molecule has 0 atom stereocenters. The van der Waals surface area contributed by atoms with Crippen molar-refractivity contribution >= 4 is 22.7 Å². The van der Waals surface area contributed by atoms with Gasteiger partial charge in [-0.2, -0.15) is 0 Å². The first-order valence-electron chi connectivity index (χ1n) is 8.00. The van der Waals surface area contributed by atoms with E-state index in [1.807, 2.05) is 53.1 Å². The second-order valence-corrected chi connectivity index (χ2v) is 5.98. The van der Waals surface area contributed by atoms with Crippen molar-refractivity contribution in [2.75, 3.05) is 7.11 Å². The molecule has 1 aliphatic carbocycles. The number of ketones is 1. The Kier molecular flexibility index (Phi) is 3.45. The van der Waals surface area contributed by atoms with Gasteiger partial charge in [0, 0.05) is 17.4 Å². The third-order valence-corrected chi connectivity index (χ3v) is 4.66. The van der Waals surface area contributed by atoms with Crippen molar-refractivity contribution < 1.29 is 14.3 Å². The van der Waals surface area contributed by atoms with Crippen molar-refractivity contribution in [3.63, 3.8) is 0 Å². The van der Waals surface area contributed by atoms with Gasteiger partial charge in [0.05, 0.1) is 18.3 Å². The molecule has 4 heteroatoms. The number of hydrogen-bond acceptors (Lipinski definition) is 3. The Morgan fingerprint density at radius 3 is 2.62 bits per heavy atom. The molecule has 0 aliphatic heterocycles. The maximum Gasteiger partial charge on any atom is 0.325 e. The normalized spacial score (nSPS) is 13.3. The molecule has 3 aromatic rings. The predicted octanol–water partition coefficient (Wildman–Crippen LogP) is 3.61. The van der Waals surface area contributed by atoms with Crippen LogP contribution in [0.2, 0.25) is 0 Å². The third kappa shape index (κ3) is 2.14. The summed E-state index contributed by atoms with van der Waals surface area (Å²) in [6.45, 7) is 0.134. The van der Waals surface area contributed by atoms with E-state index in [-0.39, 0.29) is 18.3 Å². The van der Waals surface area contributed by atoms with Gasteiger partial charge in [0.1, 0.15) is 6.54 Å². The van der Waals surface area contributed by atoms with E-state index in [1.54, 1.807) is 0 Å². The highest BCUT2D eigenvalue weighted by Crippen LogP contribution is 2.39. The predicted molar refractivity (Wildman–Crippen MR) is 92.0 cm³/mol. The number of rotatable bonds is 3. The fourth-order valence-electron chi connectivity index (χ4n) is 3.62. The van der Waals surface area contributed by atoms with Gasteiger partial charge < -0.3 is 9.30 Å². The van der Waals surface area contributed by atoms with E-state index >= 15 is 0 Å². The fraction of sp³-hybridized carbons (Fsp3) is 0.200. The highest BCUT2D eigenvalue weighted by molar-refractivity contribution is 6.13. The molecular weight excluding hydrogens is 302 g/mol. The Hall–Kier alpha value is -2.88. The molecule has 0 saturated carbocycles. The molecule has 0 fully saturated rings. The lowest BCUT2D eigenvalue weighted by Crippen LogP contribution is -2.12. The average Bonchev–Trinajstić information content (AvgIpc) is 2.93. The molecule has 0 spiro atoms. The number of methoxy groups -OCH3 is 1. The maximum atomic E-state index is 12.3. The van der Waals surface area contributed by atoms with Crippen molar-refractivity contribution in [2.45, 2.75) is 19.4 Å². The van der Waals surface area contributed by atoms with Crippen molar-refractivity contribution in [1.82, 2.24) is 4.57 Å². The van der Waals surface area contributed by atoms with E-state index in [9.17, 15) is 9.59 Å². The van der Waals surface area contributed by atoms with Crippen LogP contribution in [0.5, 0.6) is 0 Å². The summed E-state index contributed by atoms with van der Waals surface area (Å²) in [5, 5.41) is 0.983. The number of aromatic nitrogens is 1. The standard InChI is InChI=1S/C20H17NO3/c1-24-18(23)12-21-16-9-5-8-14-17(22)11-10-15(19(14)16)20(21)13-6-3-2-4-7-13/h2-9H,10-12H2,1H3. The highest BCUT2D eigenvalue weighted by atomic mass is 16.5. The minimum atomic E-state index is -0.299. The van der Waals surface area contributed by atoms with Crippen molar-refractivity contribution in [2.24, 2.45) is 0 Å². The summed E-state index contributed by atoms with van der Waals surface area (Å²) in [7, 11) is 1.39. The van der Waals surface area contributed by atoms with E-state index in [0.717, 1.165) is 33.3 Å². The smallest absolute Gasteiger partial charge is 0.325 e. The van der Waals surface area contributed by atoms with Crippen LogP contribution in [0.3, 0.4) is 0 Å². The quantitative estimate of drug-likeness (QED) is 0.693. The summed E-state index contributed by atoms with van der Waals surface area (Å²) in [6.07, 6.45) is 1.21. The van der Waals surface area contributed by atoms with Crippen LogP contribution >= 0.6 is 0 Å². The molecule has 0 saturated heterocycles. The summed E-state index contributed by atoms with van der Waals surface area (Å²) in [6, 6.07) is 15.7. The van der Waals surface area contributed by atoms with Gasteiger partial charge in [0.15, 0.2) is 5.78 Å². The zero-order chi connectivity index (χ0) is 16.7. The van der Waals surface area contributed by atoms with Gasteiger partial charge in [-0.1, -0.05) is 42.5 Å². The van der Waals surface area contributed by atoms with Crippen molar-refractivity contribution in [3.05, 3.63) is 59.7 Å². The summed E-state index contributed by atoms with van der Waals surface area (Å²) in [4.78, 5) is 24.3. The van der Waals surface area contributed by atoms with Gasteiger partial charge in [-0.25, -0.2) is 0 Å². The first kappa shape index (κ1) is 14.7. The second kappa shape index (κ2) is 5.64. The van der Waals surface area contributed by atoms with Crippen LogP contribution in [-0.2, 0) is 22.5 Å². The summed E-state index contributed by atoms with van der Waals surface area (Å²) >= 11 is 0. The van der Waals surface area contributed by atoms with Gasteiger partial charge in [0.2, 0.25) is 0 Å². The number of aryl methyl sites for hydroxylation is 1. The Bertz CT molecular complexity index is 954. The lowest BCUT2D eigenvalue weighted by atomic mass is 9.89. The lowest BCUT2D eigenvalue weighted by Gasteiger charge is -2.13. The molecule has 2 aromatic carbocycles. The van der Waals surface area contributed by atoms with Crippen LogP contribution in [0.1, 0.15) is 22.3 Å². The number of Topliss-reactive ketones (excluding diaryl/α,β-unsaturated/α-hetero) is 1. The molecule has 120 valence electrons. The van der Waals surface area contributed by atoms with Gasteiger partial charge in [0.25, 0.3) is 0 Å². The summed E-state index contributed by atoms with van der Waals surface area (Å²) in [5.74, 6) is -0.130. The number of hydrogen-bond donors (Lipinski definition) is 0. The minimum Gasteiger partial charge on any atom is -0.468 e. The van der Waals surface area contributed by atoms with Crippen LogP contribution in [0.25, 0.3) is 22.2 Å². The Morgan fingerprint density at radius 2 is 1.88 bits per heavy atom. The monoisotopic (exact) mass is 319 g/mol. The first-order chi connectivity index (χ1) is 11.7. The molecule has 4 rings (SSSR count). The molecule has 0 N–H and O–H groups in total. The molecule has 1 heterocycles. The number of nitrogens with zero attached hydrogens (tertiary/aromatic N) is 1. The fourth-order valence-corrected chi connectivity index (χ4v) is 3.62. The number of carbonyl (C=O) groups excluding carboxylic acids is 2. The number of benzene rings is 2. The summed E-state index contributed by atoms with van der Waals surface area (Å²) in [5.41, 5.74) is 4.88. The van der Waals surface area contributed by atoms with Gasteiger partial charge in [-0.3, -0.25) is 9.59 Å². The summed E-state index contributed by atoms with van der Waals surface area (Å²) < 4.78 is 6.86. The van der Waals surface area contributed by atoms with E-state index in [2.05, 4.69) is 0 Å². The van der Waals surface area contributed by atoms with Crippen LogP contribution in [0, 0.1) is 0 Å². The molecule has 0 unspecified atom stereocenters. The second-order valence-electron chi connectivity index (χ2n) is 5.98. The number of ether oxygens (including phenoxy) is 1. The van der Waals surface area contributed by atoms with Gasteiger partial charge in [-0.15, -0.1) is 0 Å². The molecule has 0 bridgehead atoms. The minimum absolute atomic E-state index is 0.134. The largest absolute Gasteiger partial charge is 0.468 e. The van der Waals surface area contributed by atoms with Crippen LogP contribution in [-0.4, -0.2) is 23.4 Å². The van der Waals surface area contributed by atoms with E-state index < -0.39 is 0 Å². The van der Waals surface area contributed by atoms with Crippen molar-refractivity contribution in [3.8, 4) is 11.3 Å². The Morgan fingerprint density at radius 1 is 1.08 bits per heavy atom. The molecular formula is C20H17NO3. The maximum absolute atomic E-state index is 12.3. The van der Waals surface area contributed by atoms with E-state index in [1.165, 1.54) is 7.11 Å². The average molecular weight is 319 g/mol. The number of carbonyl (C=O) groups is 2. The molecule has 24 heavy (non-hydrogen) atoms.